The van der Waals surface area contributed by atoms with Crippen LogP contribution in [0.5, 0.6) is 5.75 Å². The second-order valence-electron chi connectivity index (χ2n) is 3.97. The molecule has 0 fully saturated rings. The predicted octanol–water partition coefficient (Wildman–Crippen LogP) is 3.62. The molecule has 0 saturated heterocycles. The summed E-state index contributed by atoms with van der Waals surface area (Å²) in [6, 6.07) is 7.52. The van der Waals surface area contributed by atoms with Crippen molar-refractivity contribution in [2.24, 2.45) is 5.73 Å². The molecule has 0 radical (unpaired) electrons. The molecule has 0 saturated carbocycles. The highest BCUT2D eigenvalue weighted by atomic mass is 35.5. The number of benzene rings is 1. The van der Waals surface area contributed by atoms with Gasteiger partial charge in [-0.3, -0.25) is 0 Å². The first-order valence-electron chi connectivity index (χ1n) is 5.85. The molecule has 0 heterocycles. The predicted molar refractivity (Wildman–Crippen MR) is 69.0 cm³/mol. The van der Waals surface area contributed by atoms with Crippen LogP contribution in [0.2, 0.25) is 5.02 Å². The van der Waals surface area contributed by atoms with E-state index in [4.69, 9.17) is 22.1 Å². The average molecular weight is 242 g/mol. The third kappa shape index (κ3) is 4.03. The summed E-state index contributed by atoms with van der Waals surface area (Å²) < 4.78 is 5.85. The first-order valence-corrected chi connectivity index (χ1v) is 6.23. The van der Waals surface area contributed by atoms with Gasteiger partial charge < -0.3 is 10.5 Å². The van der Waals surface area contributed by atoms with Crippen molar-refractivity contribution in [2.75, 3.05) is 0 Å². The van der Waals surface area contributed by atoms with Crippen molar-refractivity contribution < 1.29 is 4.74 Å². The van der Waals surface area contributed by atoms with Crippen molar-refractivity contribution in [3.63, 3.8) is 0 Å². The van der Waals surface area contributed by atoms with Crippen LogP contribution < -0.4 is 10.5 Å². The molecular weight excluding hydrogens is 222 g/mol. The molecule has 0 amide bonds. The number of hydrogen-bond acceptors (Lipinski definition) is 2. The van der Waals surface area contributed by atoms with E-state index in [9.17, 15) is 0 Å². The minimum absolute atomic E-state index is 0.0844. The lowest BCUT2D eigenvalue weighted by molar-refractivity contribution is 0.161. The second kappa shape index (κ2) is 6.77. The molecule has 3 heteroatoms. The van der Waals surface area contributed by atoms with E-state index >= 15 is 0 Å². The third-order valence-corrected chi connectivity index (χ3v) is 2.85. The van der Waals surface area contributed by atoms with E-state index in [-0.39, 0.29) is 12.1 Å². The topological polar surface area (TPSA) is 35.2 Å². The van der Waals surface area contributed by atoms with Gasteiger partial charge in [-0.25, -0.2) is 0 Å². The number of hydrogen-bond donors (Lipinski definition) is 1. The van der Waals surface area contributed by atoms with Crippen molar-refractivity contribution in [1.29, 1.82) is 0 Å². The standard InChI is InChI=1S/C13H20ClNO/c1-3-5-12(15)13(4-2)16-11-8-6-10(14)7-9-11/h6-9,12-13H,3-5,15H2,1-2H3. The Morgan fingerprint density at radius 1 is 1.25 bits per heavy atom. The molecule has 0 aliphatic carbocycles. The Kier molecular flexibility index (Phi) is 5.64. The van der Waals surface area contributed by atoms with Gasteiger partial charge in [-0.1, -0.05) is 31.9 Å². The molecule has 1 rings (SSSR count). The molecule has 2 unspecified atom stereocenters. The Morgan fingerprint density at radius 3 is 2.38 bits per heavy atom. The van der Waals surface area contributed by atoms with Crippen LogP contribution in [0, 0.1) is 0 Å². The maximum absolute atomic E-state index is 6.07. The highest BCUT2D eigenvalue weighted by molar-refractivity contribution is 6.30. The molecule has 0 aromatic heterocycles. The largest absolute Gasteiger partial charge is 0.489 e. The lowest BCUT2D eigenvalue weighted by Gasteiger charge is -2.23. The maximum atomic E-state index is 6.07. The Bertz CT molecular complexity index is 299. The molecule has 1 aromatic rings. The van der Waals surface area contributed by atoms with Gasteiger partial charge in [0.25, 0.3) is 0 Å². The zero-order valence-corrected chi connectivity index (χ0v) is 10.7. The number of nitrogens with two attached hydrogens (primary N) is 1. The van der Waals surface area contributed by atoms with Crippen LogP contribution in [0.4, 0.5) is 0 Å². The Morgan fingerprint density at radius 2 is 1.88 bits per heavy atom. The zero-order chi connectivity index (χ0) is 12.0. The summed E-state index contributed by atoms with van der Waals surface area (Å²) in [4.78, 5) is 0. The minimum Gasteiger partial charge on any atom is -0.489 e. The highest BCUT2D eigenvalue weighted by Gasteiger charge is 2.16. The van der Waals surface area contributed by atoms with Crippen LogP contribution in [0.3, 0.4) is 0 Å². The fourth-order valence-corrected chi connectivity index (χ4v) is 1.81. The maximum Gasteiger partial charge on any atom is 0.119 e. The average Bonchev–Trinajstić information content (AvgIpc) is 2.28. The van der Waals surface area contributed by atoms with Crippen LogP contribution in [0.1, 0.15) is 33.1 Å². The normalized spacial score (nSPS) is 14.5. The van der Waals surface area contributed by atoms with Crippen molar-refractivity contribution in [2.45, 2.75) is 45.3 Å². The minimum atomic E-state index is 0.0844. The molecule has 0 aliphatic rings. The van der Waals surface area contributed by atoms with Gasteiger partial charge in [-0.05, 0) is 37.1 Å². The molecular formula is C13H20ClNO. The van der Waals surface area contributed by atoms with Gasteiger partial charge in [-0.15, -0.1) is 0 Å². The molecule has 16 heavy (non-hydrogen) atoms. The first kappa shape index (κ1) is 13.3. The smallest absolute Gasteiger partial charge is 0.119 e. The summed E-state index contributed by atoms with van der Waals surface area (Å²) in [6.45, 7) is 4.23. The number of ether oxygens (including phenoxy) is 1. The highest BCUT2D eigenvalue weighted by Crippen LogP contribution is 2.19. The van der Waals surface area contributed by atoms with Crippen molar-refractivity contribution in [3.8, 4) is 5.75 Å². The zero-order valence-electron chi connectivity index (χ0n) is 9.95. The van der Waals surface area contributed by atoms with Crippen molar-refractivity contribution in [1.82, 2.24) is 0 Å². The molecule has 0 bridgehead atoms. The van der Waals surface area contributed by atoms with E-state index in [1.807, 2.05) is 24.3 Å². The fourth-order valence-electron chi connectivity index (χ4n) is 1.68. The number of rotatable bonds is 6. The Hall–Kier alpha value is -0.730. The fraction of sp³-hybridized carbons (Fsp3) is 0.538. The van der Waals surface area contributed by atoms with E-state index in [1.165, 1.54) is 0 Å². The summed E-state index contributed by atoms with van der Waals surface area (Å²) >= 11 is 5.81. The molecule has 0 spiro atoms. The lowest BCUT2D eigenvalue weighted by atomic mass is 10.0. The van der Waals surface area contributed by atoms with Crippen LogP contribution in [0.25, 0.3) is 0 Å². The molecule has 90 valence electrons. The molecule has 1 aromatic carbocycles. The van der Waals surface area contributed by atoms with Crippen molar-refractivity contribution >= 4 is 11.6 Å². The number of halogens is 1. The quantitative estimate of drug-likeness (QED) is 0.826. The molecule has 2 nitrogen and oxygen atoms in total. The first-order chi connectivity index (χ1) is 7.67. The van der Waals surface area contributed by atoms with Gasteiger partial charge in [-0.2, -0.15) is 0 Å². The van der Waals surface area contributed by atoms with E-state index in [0.717, 1.165) is 30.0 Å². The molecule has 2 atom stereocenters. The van der Waals surface area contributed by atoms with E-state index in [2.05, 4.69) is 13.8 Å². The molecule has 2 N–H and O–H groups in total. The SMILES string of the molecule is CCCC(N)C(CC)Oc1ccc(Cl)cc1. The van der Waals surface area contributed by atoms with E-state index in [1.54, 1.807) is 0 Å². The van der Waals surface area contributed by atoms with Gasteiger partial charge in [0.2, 0.25) is 0 Å². The van der Waals surface area contributed by atoms with Crippen LogP contribution in [-0.4, -0.2) is 12.1 Å². The van der Waals surface area contributed by atoms with Crippen LogP contribution in [-0.2, 0) is 0 Å². The van der Waals surface area contributed by atoms with E-state index in [0.29, 0.717) is 0 Å². The monoisotopic (exact) mass is 241 g/mol. The third-order valence-electron chi connectivity index (χ3n) is 2.60. The van der Waals surface area contributed by atoms with E-state index < -0.39 is 0 Å². The molecule has 0 aliphatic heterocycles. The second-order valence-corrected chi connectivity index (χ2v) is 4.41. The lowest BCUT2D eigenvalue weighted by Crippen LogP contribution is -2.38. The summed E-state index contributed by atoms with van der Waals surface area (Å²) in [6.07, 6.45) is 3.08. The van der Waals surface area contributed by atoms with Gasteiger partial charge in [0.15, 0.2) is 0 Å². The van der Waals surface area contributed by atoms with Gasteiger partial charge in [0, 0.05) is 11.1 Å². The Labute approximate surface area is 103 Å². The Balaban J connectivity index is 2.59. The summed E-state index contributed by atoms with van der Waals surface area (Å²) in [7, 11) is 0. The van der Waals surface area contributed by atoms with Crippen LogP contribution in [0.15, 0.2) is 24.3 Å². The summed E-state index contributed by atoms with van der Waals surface area (Å²) in [5.74, 6) is 0.836. The van der Waals surface area contributed by atoms with Gasteiger partial charge in [0.05, 0.1) is 0 Å². The summed E-state index contributed by atoms with van der Waals surface area (Å²) in [5.41, 5.74) is 6.07. The van der Waals surface area contributed by atoms with Gasteiger partial charge >= 0.3 is 0 Å². The van der Waals surface area contributed by atoms with Crippen LogP contribution >= 0.6 is 11.6 Å². The van der Waals surface area contributed by atoms with Gasteiger partial charge in [0.1, 0.15) is 11.9 Å². The van der Waals surface area contributed by atoms with Crippen molar-refractivity contribution in [3.05, 3.63) is 29.3 Å². The summed E-state index contributed by atoms with van der Waals surface area (Å²) in [5, 5.41) is 0.721.